The van der Waals surface area contributed by atoms with E-state index in [1.807, 2.05) is 52.0 Å². The minimum Gasteiger partial charge on any atom is -0.358 e. The molecule has 29 heavy (non-hydrogen) atoms. The van der Waals surface area contributed by atoms with Gasteiger partial charge in [-0.15, -0.1) is 0 Å². The first-order chi connectivity index (χ1) is 14.3. The number of carbonyl (C=O) groups excluding carboxylic acids is 1. The Hall–Kier alpha value is -3.34. The van der Waals surface area contributed by atoms with E-state index in [0.29, 0.717) is 18.2 Å². The fraction of sp³-hybridized carbons (Fsp3) is 0.250. The van der Waals surface area contributed by atoms with Gasteiger partial charge < -0.3 is 9.88 Å². The van der Waals surface area contributed by atoms with Gasteiger partial charge in [0.1, 0.15) is 5.69 Å². The van der Waals surface area contributed by atoms with Crippen LogP contribution in [0, 0.1) is 0 Å². The van der Waals surface area contributed by atoms with Crippen molar-refractivity contribution in [1.29, 1.82) is 0 Å². The molecule has 144 valence electrons. The molecular formula is C24H22N4O. The Morgan fingerprint density at radius 2 is 1.83 bits per heavy atom. The maximum Gasteiger partial charge on any atom is 0.272 e. The normalized spacial score (nSPS) is 16.2. The van der Waals surface area contributed by atoms with Gasteiger partial charge in [0.05, 0.1) is 11.4 Å². The molecule has 0 saturated heterocycles. The van der Waals surface area contributed by atoms with Crippen LogP contribution in [0.15, 0.2) is 60.7 Å². The molecule has 0 bridgehead atoms. The summed E-state index contributed by atoms with van der Waals surface area (Å²) in [6, 6.07) is 20.3. The molecule has 2 aliphatic rings. The maximum atomic E-state index is 13.6. The van der Waals surface area contributed by atoms with E-state index in [2.05, 4.69) is 23.2 Å². The molecule has 1 aliphatic heterocycles. The van der Waals surface area contributed by atoms with E-state index in [4.69, 9.17) is 5.10 Å². The number of hydrogen-bond donors (Lipinski definition) is 1. The number of aromatic amines is 1. The van der Waals surface area contributed by atoms with Crippen molar-refractivity contribution < 1.29 is 4.79 Å². The number of rotatable bonds is 3. The van der Waals surface area contributed by atoms with Crippen LogP contribution in [0.3, 0.4) is 0 Å². The highest BCUT2D eigenvalue weighted by Crippen LogP contribution is 2.40. The molecule has 6 rings (SSSR count). The van der Waals surface area contributed by atoms with Gasteiger partial charge in [-0.1, -0.05) is 36.4 Å². The second-order valence-electron chi connectivity index (χ2n) is 8.08. The molecule has 1 amide bonds. The smallest absolute Gasteiger partial charge is 0.272 e. The number of para-hydroxylation sites is 2. The third kappa shape index (κ3) is 2.77. The van der Waals surface area contributed by atoms with Gasteiger partial charge in [0.2, 0.25) is 0 Å². The Morgan fingerprint density at radius 1 is 1.03 bits per heavy atom. The molecule has 1 aliphatic carbocycles. The lowest BCUT2D eigenvalue weighted by Gasteiger charge is -2.27. The van der Waals surface area contributed by atoms with E-state index in [0.717, 1.165) is 29.9 Å². The van der Waals surface area contributed by atoms with Gasteiger partial charge in [0, 0.05) is 47.6 Å². The van der Waals surface area contributed by atoms with E-state index in [1.54, 1.807) is 0 Å². The molecule has 5 nitrogen and oxygen atoms in total. The fourth-order valence-corrected chi connectivity index (χ4v) is 4.40. The minimum atomic E-state index is 0.0594. The topological polar surface area (TPSA) is 53.9 Å². The third-order valence-electron chi connectivity index (χ3n) is 6.11. The van der Waals surface area contributed by atoms with Crippen LogP contribution in [0.25, 0.3) is 16.6 Å². The van der Waals surface area contributed by atoms with Gasteiger partial charge in [0.15, 0.2) is 0 Å². The molecule has 5 heteroatoms. The lowest BCUT2D eigenvalue weighted by Crippen LogP contribution is -2.36. The maximum absolute atomic E-state index is 13.6. The summed E-state index contributed by atoms with van der Waals surface area (Å²) in [5.41, 5.74) is 6.30. The van der Waals surface area contributed by atoms with E-state index in [-0.39, 0.29) is 5.91 Å². The molecule has 0 atom stereocenters. The lowest BCUT2D eigenvalue weighted by molar-refractivity contribution is 0.0726. The summed E-state index contributed by atoms with van der Waals surface area (Å²) in [5, 5.41) is 6.02. The van der Waals surface area contributed by atoms with Gasteiger partial charge in [0.25, 0.3) is 5.91 Å². The van der Waals surface area contributed by atoms with Crippen LogP contribution in [0.5, 0.6) is 0 Å². The van der Waals surface area contributed by atoms with Crippen molar-refractivity contribution in [3.63, 3.8) is 0 Å². The van der Waals surface area contributed by atoms with E-state index in [1.165, 1.54) is 29.5 Å². The number of benzene rings is 2. The number of fused-ring (bicyclic) bond motifs is 3. The number of carbonyl (C=O) groups is 1. The molecule has 2 aromatic heterocycles. The van der Waals surface area contributed by atoms with Crippen LogP contribution in [0.1, 0.15) is 46.2 Å². The zero-order chi connectivity index (χ0) is 19.4. The van der Waals surface area contributed by atoms with Crippen LogP contribution < -0.4 is 0 Å². The summed E-state index contributed by atoms with van der Waals surface area (Å²) in [7, 11) is 0. The highest BCUT2D eigenvalue weighted by atomic mass is 16.2. The summed E-state index contributed by atoms with van der Waals surface area (Å²) in [6.45, 7) is 1.36. The number of amides is 1. The van der Waals surface area contributed by atoms with Crippen molar-refractivity contribution in [1.82, 2.24) is 19.7 Å². The summed E-state index contributed by atoms with van der Waals surface area (Å²) >= 11 is 0. The third-order valence-corrected chi connectivity index (χ3v) is 6.11. The van der Waals surface area contributed by atoms with Crippen molar-refractivity contribution in [3.8, 4) is 5.69 Å². The number of H-pyrrole nitrogens is 1. The average molecular weight is 382 g/mol. The molecular weight excluding hydrogens is 360 g/mol. The first-order valence-corrected chi connectivity index (χ1v) is 10.3. The van der Waals surface area contributed by atoms with Crippen LogP contribution >= 0.6 is 0 Å². The van der Waals surface area contributed by atoms with Gasteiger partial charge in [-0.2, -0.15) is 5.10 Å². The number of nitrogens with zero attached hydrogens (tertiary/aromatic N) is 3. The summed E-state index contributed by atoms with van der Waals surface area (Å²) in [5.74, 6) is 0.567. The quantitative estimate of drug-likeness (QED) is 0.570. The molecule has 0 spiro atoms. The predicted molar refractivity (Wildman–Crippen MR) is 112 cm³/mol. The SMILES string of the molecule is O=C(c1cc(C2CC2)nn1-c1ccccc1)N1CCc2[nH]c3ccccc3c2C1. The Morgan fingerprint density at radius 3 is 2.66 bits per heavy atom. The second kappa shape index (κ2) is 6.34. The Labute approximate surface area is 169 Å². The van der Waals surface area contributed by atoms with Crippen LogP contribution in [0.4, 0.5) is 0 Å². The van der Waals surface area contributed by atoms with Crippen molar-refractivity contribution in [3.05, 3.63) is 83.3 Å². The zero-order valence-electron chi connectivity index (χ0n) is 16.1. The first-order valence-electron chi connectivity index (χ1n) is 10.3. The largest absolute Gasteiger partial charge is 0.358 e. The molecule has 1 saturated carbocycles. The summed E-state index contributed by atoms with van der Waals surface area (Å²) in [6.07, 6.45) is 3.19. The van der Waals surface area contributed by atoms with Crippen LogP contribution in [-0.2, 0) is 13.0 Å². The number of aromatic nitrogens is 3. The molecule has 3 heterocycles. The fourth-order valence-electron chi connectivity index (χ4n) is 4.40. The van der Waals surface area contributed by atoms with Crippen molar-refractivity contribution in [2.45, 2.75) is 31.7 Å². The molecule has 0 unspecified atom stereocenters. The summed E-state index contributed by atoms with van der Waals surface area (Å²) in [4.78, 5) is 19.1. The molecule has 0 radical (unpaired) electrons. The molecule has 2 aromatic carbocycles. The van der Waals surface area contributed by atoms with Gasteiger partial charge in [-0.3, -0.25) is 4.79 Å². The Bertz CT molecular complexity index is 1220. The lowest BCUT2D eigenvalue weighted by atomic mass is 10.0. The highest BCUT2D eigenvalue weighted by molar-refractivity contribution is 5.94. The monoisotopic (exact) mass is 382 g/mol. The van der Waals surface area contributed by atoms with Crippen molar-refractivity contribution in [2.75, 3.05) is 6.54 Å². The standard InChI is InChI=1S/C24H22N4O/c29-24(27-13-12-21-19(15-27)18-8-4-5-9-20(18)25-21)23-14-22(16-10-11-16)26-28(23)17-6-2-1-3-7-17/h1-9,14,16,25H,10-13,15H2. The highest BCUT2D eigenvalue weighted by Gasteiger charge is 2.31. The number of hydrogen-bond acceptors (Lipinski definition) is 2. The Balaban J connectivity index is 1.38. The van der Waals surface area contributed by atoms with Gasteiger partial charge in [-0.05, 0) is 37.1 Å². The van der Waals surface area contributed by atoms with Crippen molar-refractivity contribution in [2.24, 2.45) is 0 Å². The van der Waals surface area contributed by atoms with Crippen LogP contribution in [0.2, 0.25) is 0 Å². The Kier molecular flexibility index (Phi) is 3.63. The van der Waals surface area contributed by atoms with Crippen LogP contribution in [-0.4, -0.2) is 32.1 Å². The second-order valence-corrected chi connectivity index (χ2v) is 8.08. The molecule has 1 fully saturated rings. The molecule has 1 N–H and O–H groups in total. The average Bonchev–Trinajstić information content (AvgIpc) is 3.42. The minimum absolute atomic E-state index is 0.0594. The van der Waals surface area contributed by atoms with Gasteiger partial charge >= 0.3 is 0 Å². The predicted octanol–water partition coefficient (Wildman–Crippen LogP) is 4.43. The molecule has 4 aromatic rings. The van der Waals surface area contributed by atoms with E-state index < -0.39 is 0 Å². The number of nitrogens with one attached hydrogen (secondary N) is 1. The van der Waals surface area contributed by atoms with Gasteiger partial charge in [-0.25, -0.2) is 4.68 Å². The first kappa shape index (κ1) is 16.6. The van der Waals surface area contributed by atoms with Crippen molar-refractivity contribution >= 4 is 16.8 Å². The van der Waals surface area contributed by atoms with E-state index in [9.17, 15) is 4.79 Å². The van der Waals surface area contributed by atoms with E-state index >= 15 is 0 Å². The zero-order valence-corrected chi connectivity index (χ0v) is 16.1. The summed E-state index contributed by atoms with van der Waals surface area (Å²) < 4.78 is 1.83.